The first-order chi connectivity index (χ1) is 9.56. The highest BCUT2D eigenvalue weighted by Gasteiger charge is 2.21. The molecule has 1 atom stereocenters. The van der Waals surface area contributed by atoms with E-state index in [1.807, 2.05) is 0 Å². The third-order valence-corrected chi connectivity index (χ3v) is 3.71. The molecule has 0 radical (unpaired) electrons. The summed E-state index contributed by atoms with van der Waals surface area (Å²) < 4.78 is 0. The molecule has 1 unspecified atom stereocenters. The van der Waals surface area contributed by atoms with E-state index in [4.69, 9.17) is 5.11 Å². The molecule has 0 bridgehead atoms. The molecule has 1 aliphatic rings. The van der Waals surface area contributed by atoms with Crippen molar-refractivity contribution in [2.24, 2.45) is 5.92 Å². The number of carboxylic acid groups (broad SMARTS) is 1. The van der Waals surface area contributed by atoms with E-state index in [0.717, 1.165) is 32.5 Å². The van der Waals surface area contributed by atoms with Crippen LogP contribution in [0.2, 0.25) is 0 Å². The molecule has 1 rings (SSSR count). The minimum absolute atomic E-state index is 0.220. The Hall–Kier alpha value is -1.56. The quantitative estimate of drug-likeness (QED) is 0.610. The lowest BCUT2D eigenvalue weighted by molar-refractivity contribution is -0.139. The van der Waals surface area contributed by atoms with E-state index in [2.05, 4.69) is 29.0 Å². The van der Waals surface area contributed by atoms with Crippen LogP contribution in [-0.2, 0) is 4.79 Å². The van der Waals surface area contributed by atoms with E-state index in [1.54, 1.807) is 0 Å². The molecule has 1 saturated heterocycles. The maximum Gasteiger partial charge on any atom is 0.326 e. The molecule has 1 aliphatic heterocycles. The Morgan fingerprint density at radius 1 is 1.45 bits per heavy atom. The number of nitrogens with zero attached hydrogens (tertiary/aromatic N) is 1. The molecule has 1 fully saturated rings. The van der Waals surface area contributed by atoms with Crippen molar-refractivity contribution < 1.29 is 14.7 Å². The third-order valence-electron chi connectivity index (χ3n) is 3.71. The zero-order valence-corrected chi connectivity index (χ0v) is 12.1. The van der Waals surface area contributed by atoms with Gasteiger partial charge in [0.15, 0.2) is 0 Å². The molecule has 2 amide bonds. The molecule has 3 N–H and O–H groups in total. The molecule has 0 aromatic carbocycles. The lowest BCUT2D eigenvalue weighted by atomic mass is 9.97. The van der Waals surface area contributed by atoms with Gasteiger partial charge in [0.1, 0.15) is 6.04 Å². The summed E-state index contributed by atoms with van der Waals surface area (Å²) in [6.07, 6.45) is 3.85. The fraction of sp³-hybridized carbons (Fsp3) is 0.714. The first-order valence-electron chi connectivity index (χ1n) is 7.17. The average Bonchev–Trinajstić information content (AvgIpc) is 2.45. The Kier molecular flexibility index (Phi) is 7.08. The van der Waals surface area contributed by atoms with Gasteiger partial charge in [0, 0.05) is 6.54 Å². The van der Waals surface area contributed by atoms with Gasteiger partial charge in [-0.1, -0.05) is 13.0 Å². The van der Waals surface area contributed by atoms with Gasteiger partial charge in [0.05, 0.1) is 0 Å². The molecule has 0 aromatic heterocycles. The zero-order chi connectivity index (χ0) is 15.0. The molecule has 0 spiro atoms. The van der Waals surface area contributed by atoms with Crippen LogP contribution in [0.5, 0.6) is 0 Å². The van der Waals surface area contributed by atoms with Crippen LogP contribution in [0.3, 0.4) is 0 Å². The van der Waals surface area contributed by atoms with Crippen LogP contribution in [0.4, 0.5) is 4.79 Å². The van der Waals surface area contributed by atoms with Gasteiger partial charge < -0.3 is 20.6 Å². The van der Waals surface area contributed by atoms with Crippen LogP contribution >= 0.6 is 0 Å². The summed E-state index contributed by atoms with van der Waals surface area (Å²) in [7, 11) is 0. The first-order valence-corrected chi connectivity index (χ1v) is 7.17. The minimum Gasteiger partial charge on any atom is -0.480 e. The summed E-state index contributed by atoms with van der Waals surface area (Å²) in [6, 6.07) is -1.33. The van der Waals surface area contributed by atoms with Crippen molar-refractivity contribution in [1.29, 1.82) is 0 Å². The van der Waals surface area contributed by atoms with Gasteiger partial charge >= 0.3 is 12.0 Å². The van der Waals surface area contributed by atoms with Crippen molar-refractivity contribution in [1.82, 2.24) is 15.5 Å². The van der Waals surface area contributed by atoms with Crippen LogP contribution in [0.1, 0.15) is 26.2 Å². The van der Waals surface area contributed by atoms with Crippen LogP contribution in [0.15, 0.2) is 12.7 Å². The van der Waals surface area contributed by atoms with Crippen molar-refractivity contribution in [2.75, 3.05) is 26.2 Å². The number of carboxylic acids is 1. The summed E-state index contributed by atoms with van der Waals surface area (Å²) in [5, 5.41) is 14.1. The summed E-state index contributed by atoms with van der Waals surface area (Å²) in [4.78, 5) is 25.0. The Morgan fingerprint density at radius 2 is 2.10 bits per heavy atom. The maximum atomic E-state index is 11.7. The zero-order valence-electron chi connectivity index (χ0n) is 12.1. The van der Waals surface area contributed by atoms with E-state index < -0.39 is 18.0 Å². The summed E-state index contributed by atoms with van der Waals surface area (Å²) in [6.45, 7) is 9.44. The fourth-order valence-corrected chi connectivity index (χ4v) is 2.34. The molecule has 20 heavy (non-hydrogen) atoms. The lowest BCUT2D eigenvalue weighted by Crippen LogP contribution is -2.47. The Balaban J connectivity index is 2.25. The highest BCUT2D eigenvalue weighted by atomic mass is 16.4. The van der Waals surface area contributed by atoms with Crippen molar-refractivity contribution in [2.45, 2.75) is 32.2 Å². The number of hydrogen-bond donors (Lipinski definition) is 3. The normalized spacial score (nSPS) is 18.2. The fourth-order valence-electron chi connectivity index (χ4n) is 2.34. The summed E-state index contributed by atoms with van der Waals surface area (Å²) >= 11 is 0. The Bertz CT molecular complexity index is 339. The highest BCUT2D eigenvalue weighted by Crippen LogP contribution is 2.15. The Labute approximate surface area is 120 Å². The van der Waals surface area contributed by atoms with E-state index in [0.29, 0.717) is 12.5 Å². The topological polar surface area (TPSA) is 81.7 Å². The number of amides is 2. The SMILES string of the molecule is C=CCC(NC(=O)NCC1CCN(CC)CC1)C(=O)O. The van der Waals surface area contributed by atoms with E-state index in [-0.39, 0.29) is 6.42 Å². The third kappa shape index (κ3) is 5.61. The number of piperidine rings is 1. The van der Waals surface area contributed by atoms with Gasteiger partial charge in [-0.25, -0.2) is 9.59 Å². The molecule has 6 heteroatoms. The largest absolute Gasteiger partial charge is 0.480 e. The van der Waals surface area contributed by atoms with Gasteiger partial charge in [-0.15, -0.1) is 6.58 Å². The molecule has 0 aliphatic carbocycles. The minimum atomic E-state index is -1.05. The summed E-state index contributed by atoms with van der Waals surface area (Å²) in [5.74, 6) is -0.567. The second kappa shape index (κ2) is 8.58. The van der Waals surface area contributed by atoms with E-state index in [9.17, 15) is 9.59 Å². The number of rotatable bonds is 7. The number of urea groups is 1. The van der Waals surface area contributed by atoms with Gasteiger partial charge in [-0.2, -0.15) is 0 Å². The number of carbonyl (C=O) groups is 2. The van der Waals surface area contributed by atoms with Crippen molar-refractivity contribution in [3.63, 3.8) is 0 Å². The molecular formula is C14H25N3O3. The van der Waals surface area contributed by atoms with E-state index >= 15 is 0 Å². The van der Waals surface area contributed by atoms with Crippen LogP contribution < -0.4 is 10.6 Å². The van der Waals surface area contributed by atoms with Crippen LogP contribution in [0.25, 0.3) is 0 Å². The van der Waals surface area contributed by atoms with Gasteiger partial charge in [0.25, 0.3) is 0 Å². The van der Waals surface area contributed by atoms with Crippen LogP contribution in [-0.4, -0.2) is 54.2 Å². The van der Waals surface area contributed by atoms with Gasteiger partial charge in [-0.3, -0.25) is 0 Å². The smallest absolute Gasteiger partial charge is 0.326 e. The van der Waals surface area contributed by atoms with Crippen molar-refractivity contribution in [3.8, 4) is 0 Å². The number of likely N-dealkylation sites (tertiary alicyclic amines) is 1. The van der Waals surface area contributed by atoms with Gasteiger partial charge in [-0.05, 0) is 44.8 Å². The molecule has 6 nitrogen and oxygen atoms in total. The number of aliphatic carboxylic acids is 1. The standard InChI is InChI=1S/C14H25N3O3/c1-3-5-12(13(18)19)16-14(20)15-10-11-6-8-17(4-2)9-7-11/h3,11-12H,1,4-10H2,2H3,(H,18,19)(H2,15,16,20). The Morgan fingerprint density at radius 3 is 2.60 bits per heavy atom. The van der Waals surface area contributed by atoms with Crippen LogP contribution in [0, 0.1) is 5.92 Å². The number of carbonyl (C=O) groups excluding carboxylic acids is 1. The lowest BCUT2D eigenvalue weighted by Gasteiger charge is -2.31. The first kappa shape index (κ1) is 16.5. The molecule has 1 heterocycles. The molecule has 0 saturated carbocycles. The van der Waals surface area contributed by atoms with E-state index in [1.165, 1.54) is 6.08 Å². The van der Waals surface area contributed by atoms with Gasteiger partial charge in [0.2, 0.25) is 0 Å². The number of hydrogen-bond acceptors (Lipinski definition) is 3. The maximum absolute atomic E-state index is 11.7. The average molecular weight is 283 g/mol. The second-order valence-corrected chi connectivity index (χ2v) is 5.15. The molecule has 0 aromatic rings. The molecule has 114 valence electrons. The van der Waals surface area contributed by atoms with Crippen molar-refractivity contribution >= 4 is 12.0 Å². The number of nitrogens with one attached hydrogen (secondary N) is 2. The predicted octanol–water partition coefficient (Wildman–Crippen LogP) is 1.05. The van der Waals surface area contributed by atoms with Crippen molar-refractivity contribution in [3.05, 3.63) is 12.7 Å². The highest BCUT2D eigenvalue weighted by molar-refractivity contribution is 5.82. The molecular weight excluding hydrogens is 258 g/mol. The predicted molar refractivity (Wildman–Crippen MR) is 77.6 cm³/mol. The monoisotopic (exact) mass is 283 g/mol. The summed E-state index contributed by atoms with van der Waals surface area (Å²) in [5.41, 5.74) is 0. The second-order valence-electron chi connectivity index (χ2n) is 5.15.